The molecule has 0 aliphatic rings. The second-order valence-electron chi connectivity index (χ2n) is 11.1. The lowest BCUT2D eigenvalue weighted by molar-refractivity contribution is -0.120. The minimum absolute atomic E-state index is 0.0450. The van der Waals surface area contributed by atoms with Crippen molar-refractivity contribution in [3.63, 3.8) is 0 Å². The minimum Gasteiger partial charge on any atom is -0.497 e. The number of aromatic nitrogens is 1. The van der Waals surface area contributed by atoms with E-state index < -0.39 is 0 Å². The number of rotatable bonds is 10. The molecule has 4 rings (SSSR count). The third-order valence-electron chi connectivity index (χ3n) is 6.73. The van der Waals surface area contributed by atoms with Crippen molar-refractivity contribution < 1.29 is 14.3 Å². The minimum atomic E-state index is -0.150. The van der Waals surface area contributed by atoms with Gasteiger partial charge in [0.1, 0.15) is 11.6 Å². The van der Waals surface area contributed by atoms with E-state index in [0.29, 0.717) is 31.1 Å². The standard InChI is InChI=1S/C34H38N2O3/c1-24(39-6)29-15-16-31-30(21-29)17-19-35-33(31)36(32(37)22-34(2,3)4)23-26-9-13-28(14-10-26)27-11-7-25(8-12-27)18-20-38-5/h7-17,19,21H,1,18,20,22-23H2,2-6H3. The average molecular weight is 523 g/mol. The molecule has 0 atom stereocenters. The molecule has 0 saturated carbocycles. The summed E-state index contributed by atoms with van der Waals surface area (Å²) in [6.45, 7) is 11.4. The van der Waals surface area contributed by atoms with E-state index in [1.165, 1.54) is 5.56 Å². The van der Waals surface area contributed by atoms with Gasteiger partial charge in [-0.15, -0.1) is 0 Å². The number of carbonyl (C=O) groups is 1. The van der Waals surface area contributed by atoms with Crippen molar-refractivity contribution in [1.29, 1.82) is 0 Å². The molecule has 4 aromatic rings. The van der Waals surface area contributed by atoms with Gasteiger partial charge >= 0.3 is 0 Å². The number of pyridine rings is 1. The zero-order chi connectivity index (χ0) is 28.0. The normalized spacial score (nSPS) is 11.4. The number of hydrogen-bond donors (Lipinski definition) is 0. The predicted molar refractivity (Wildman–Crippen MR) is 161 cm³/mol. The Morgan fingerprint density at radius 3 is 2.13 bits per heavy atom. The van der Waals surface area contributed by atoms with E-state index in [0.717, 1.165) is 39.4 Å². The SMILES string of the molecule is C=C(OC)c1ccc2c(N(Cc3ccc(-c4ccc(CCOC)cc4)cc3)C(=O)CC(C)(C)C)nccc2c1. The molecular formula is C34H38N2O3. The molecule has 1 amide bonds. The second-order valence-corrected chi connectivity index (χ2v) is 11.1. The van der Waals surface area contributed by atoms with E-state index in [1.807, 2.05) is 29.2 Å². The lowest BCUT2D eigenvalue weighted by atomic mass is 9.91. The summed E-state index contributed by atoms with van der Waals surface area (Å²) < 4.78 is 10.5. The molecule has 5 heteroatoms. The maximum absolute atomic E-state index is 13.7. The highest BCUT2D eigenvalue weighted by Crippen LogP contribution is 2.31. The first kappa shape index (κ1) is 28.1. The summed E-state index contributed by atoms with van der Waals surface area (Å²) >= 11 is 0. The van der Waals surface area contributed by atoms with Gasteiger partial charge in [-0.1, -0.05) is 81.9 Å². The Labute approximate surface area is 232 Å². The summed E-state index contributed by atoms with van der Waals surface area (Å²) in [5.74, 6) is 1.30. The number of hydrogen-bond acceptors (Lipinski definition) is 4. The summed E-state index contributed by atoms with van der Waals surface area (Å²) in [6.07, 6.45) is 3.07. The van der Waals surface area contributed by atoms with Crippen LogP contribution in [0.25, 0.3) is 27.7 Å². The fraction of sp³-hybridized carbons (Fsp3) is 0.294. The molecule has 1 heterocycles. The number of anilines is 1. The summed E-state index contributed by atoms with van der Waals surface area (Å²) in [7, 11) is 3.33. The van der Waals surface area contributed by atoms with Gasteiger partial charge in [-0.25, -0.2) is 4.98 Å². The third kappa shape index (κ3) is 7.12. The maximum atomic E-state index is 13.7. The van der Waals surface area contributed by atoms with Crippen LogP contribution in [0.3, 0.4) is 0 Å². The Balaban J connectivity index is 1.64. The van der Waals surface area contributed by atoms with E-state index in [2.05, 4.69) is 80.9 Å². The lowest BCUT2D eigenvalue weighted by Gasteiger charge is -2.27. The molecule has 5 nitrogen and oxygen atoms in total. The van der Waals surface area contributed by atoms with E-state index in [-0.39, 0.29) is 11.3 Å². The van der Waals surface area contributed by atoms with Gasteiger partial charge in [0.15, 0.2) is 0 Å². The summed E-state index contributed by atoms with van der Waals surface area (Å²) in [4.78, 5) is 20.2. The highest BCUT2D eigenvalue weighted by atomic mass is 16.5. The largest absolute Gasteiger partial charge is 0.497 e. The number of nitrogens with zero attached hydrogens (tertiary/aromatic N) is 2. The quantitative estimate of drug-likeness (QED) is 0.201. The van der Waals surface area contributed by atoms with Gasteiger partial charge in [0, 0.05) is 30.7 Å². The molecule has 3 aromatic carbocycles. The van der Waals surface area contributed by atoms with E-state index >= 15 is 0 Å². The number of carbonyl (C=O) groups excluding carboxylic acids is 1. The molecule has 1 aromatic heterocycles. The molecule has 0 saturated heterocycles. The molecule has 0 fully saturated rings. The van der Waals surface area contributed by atoms with Gasteiger partial charge in [0.2, 0.25) is 5.91 Å². The van der Waals surface area contributed by atoms with Crippen molar-refractivity contribution in [3.8, 4) is 11.1 Å². The molecular weight excluding hydrogens is 484 g/mol. The van der Waals surface area contributed by atoms with E-state index in [4.69, 9.17) is 9.47 Å². The molecule has 0 N–H and O–H groups in total. The van der Waals surface area contributed by atoms with Crippen LogP contribution < -0.4 is 4.90 Å². The lowest BCUT2D eigenvalue weighted by Crippen LogP contribution is -2.34. The molecule has 0 aliphatic carbocycles. The Morgan fingerprint density at radius 1 is 0.897 bits per heavy atom. The average Bonchev–Trinajstić information content (AvgIpc) is 2.93. The number of benzene rings is 3. The first-order chi connectivity index (χ1) is 18.7. The molecule has 202 valence electrons. The molecule has 0 spiro atoms. The summed E-state index contributed by atoms with van der Waals surface area (Å²) in [6, 6.07) is 24.9. The first-order valence-corrected chi connectivity index (χ1v) is 13.3. The zero-order valence-electron chi connectivity index (χ0n) is 23.7. The maximum Gasteiger partial charge on any atom is 0.229 e. The van der Waals surface area contributed by atoms with Crippen LogP contribution >= 0.6 is 0 Å². The molecule has 0 radical (unpaired) electrons. The number of ether oxygens (including phenoxy) is 2. The Bertz CT molecular complexity index is 1430. The number of fused-ring (bicyclic) bond motifs is 1. The van der Waals surface area contributed by atoms with Gasteiger partial charge in [-0.2, -0.15) is 0 Å². The Kier molecular flexibility index (Phi) is 8.82. The second kappa shape index (κ2) is 12.3. The highest BCUT2D eigenvalue weighted by Gasteiger charge is 2.25. The summed E-state index contributed by atoms with van der Waals surface area (Å²) in [5, 5.41) is 1.89. The van der Waals surface area contributed by atoms with Crippen molar-refractivity contribution >= 4 is 28.3 Å². The monoisotopic (exact) mass is 522 g/mol. The Hall–Kier alpha value is -3.96. The van der Waals surface area contributed by atoms with Crippen molar-refractivity contribution in [2.45, 2.75) is 40.2 Å². The number of methoxy groups -OCH3 is 2. The molecule has 0 bridgehead atoms. The van der Waals surface area contributed by atoms with Crippen LogP contribution in [0.2, 0.25) is 0 Å². The van der Waals surface area contributed by atoms with Crippen molar-refractivity contribution in [1.82, 2.24) is 4.98 Å². The van der Waals surface area contributed by atoms with Crippen LogP contribution in [0.15, 0.2) is 85.6 Å². The van der Waals surface area contributed by atoms with Crippen LogP contribution in [0.1, 0.15) is 43.9 Å². The van der Waals surface area contributed by atoms with E-state index in [1.54, 1.807) is 20.4 Å². The highest BCUT2D eigenvalue weighted by molar-refractivity contribution is 6.02. The van der Waals surface area contributed by atoms with Gasteiger partial charge in [0.25, 0.3) is 0 Å². The first-order valence-electron chi connectivity index (χ1n) is 13.3. The van der Waals surface area contributed by atoms with Crippen LogP contribution in [0.5, 0.6) is 0 Å². The van der Waals surface area contributed by atoms with Crippen LogP contribution in [-0.4, -0.2) is 31.7 Å². The van der Waals surface area contributed by atoms with Gasteiger partial charge < -0.3 is 9.47 Å². The molecule has 0 unspecified atom stereocenters. The van der Waals surface area contributed by atoms with Crippen LogP contribution in [-0.2, 0) is 27.2 Å². The van der Waals surface area contributed by atoms with Crippen molar-refractivity contribution in [2.24, 2.45) is 5.41 Å². The van der Waals surface area contributed by atoms with Gasteiger partial charge in [0.05, 0.1) is 20.3 Å². The van der Waals surface area contributed by atoms with E-state index in [9.17, 15) is 4.79 Å². The molecule has 0 aliphatic heterocycles. The van der Waals surface area contributed by atoms with Gasteiger partial charge in [-0.05, 0) is 57.7 Å². The predicted octanol–water partition coefficient (Wildman–Crippen LogP) is 7.68. The van der Waals surface area contributed by atoms with Crippen molar-refractivity contribution in [3.05, 3.63) is 102 Å². The van der Waals surface area contributed by atoms with Crippen LogP contribution in [0.4, 0.5) is 5.82 Å². The van der Waals surface area contributed by atoms with Gasteiger partial charge in [-0.3, -0.25) is 9.69 Å². The Morgan fingerprint density at radius 2 is 1.54 bits per heavy atom. The zero-order valence-corrected chi connectivity index (χ0v) is 23.7. The summed E-state index contributed by atoms with van der Waals surface area (Å²) in [5.41, 5.74) is 5.35. The van der Waals surface area contributed by atoms with Crippen LogP contribution in [0, 0.1) is 5.41 Å². The number of amides is 1. The van der Waals surface area contributed by atoms with Crippen molar-refractivity contribution in [2.75, 3.05) is 25.7 Å². The topological polar surface area (TPSA) is 51.7 Å². The smallest absolute Gasteiger partial charge is 0.229 e. The fourth-order valence-corrected chi connectivity index (χ4v) is 4.57. The molecule has 39 heavy (non-hydrogen) atoms. The third-order valence-corrected chi connectivity index (χ3v) is 6.73. The fourth-order valence-electron chi connectivity index (χ4n) is 4.57.